The third kappa shape index (κ3) is 2.79. The van der Waals surface area contributed by atoms with E-state index in [1.165, 1.54) is 19.4 Å². The third-order valence-electron chi connectivity index (χ3n) is 2.54. The van der Waals surface area contributed by atoms with E-state index in [4.69, 9.17) is 0 Å². The predicted molar refractivity (Wildman–Crippen MR) is 53.8 cm³/mol. The molecule has 1 saturated heterocycles. The quantitative estimate of drug-likeness (QED) is 0.691. The first-order valence-corrected chi connectivity index (χ1v) is 3.59. The molecule has 1 fully saturated rings. The van der Waals surface area contributed by atoms with E-state index in [0.29, 0.717) is 0 Å². The summed E-state index contributed by atoms with van der Waals surface area (Å²) in [6, 6.07) is 0. The number of halogens is 2. The number of likely N-dealkylation sites (tertiary alicyclic amines) is 1. The highest BCUT2D eigenvalue weighted by Crippen LogP contribution is 2.22. The molecule has 0 spiro atoms. The van der Waals surface area contributed by atoms with E-state index >= 15 is 0 Å². The Bertz CT molecular complexity index is 111. The summed E-state index contributed by atoms with van der Waals surface area (Å²) in [5.41, 5.74) is 0.278. The van der Waals surface area contributed by atoms with Gasteiger partial charge >= 0.3 is 0 Å². The first-order chi connectivity index (χ1) is 4.19. The summed E-state index contributed by atoms with van der Waals surface area (Å²) in [4.78, 5) is 2.37. The molecular weight excluding hydrogens is 183 g/mol. The lowest BCUT2D eigenvalue weighted by Crippen LogP contribution is -2.49. The Balaban J connectivity index is 0. The molecule has 0 saturated carbocycles. The zero-order chi connectivity index (χ0) is 6.91. The predicted octanol–water partition coefficient (Wildman–Crippen LogP) is 1.49. The van der Waals surface area contributed by atoms with Crippen LogP contribution in [0.5, 0.6) is 0 Å². The molecule has 1 rings (SSSR count). The topological polar surface area (TPSA) is 15.3 Å². The molecule has 2 nitrogen and oxygen atoms in total. The molecule has 11 heavy (non-hydrogen) atoms. The van der Waals surface area contributed by atoms with Gasteiger partial charge in [0, 0.05) is 0 Å². The van der Waals surface area contributed by atoms with E-state index in [0.717, 1.165) is 0 Å². The van der Waals surface area contributed by atoms with Crippen molar-refractivity contribution < 1.29 is 0 Å². The van der Waals surface area contributed by atoms with E-state index in [1.807, 2.05) is 7.05 Å². The number of rotatable bonds is 1. The van der Waals surface area contributed by atoms with Crippen molar-refractivity contribution in [2.75, 3.05) is 20.6 Å². The van der Waals surface area contributed by atoms with Crippen LogP contribution in [0.25, 0.3) is 0 Å². The van der Waals surface area contributed by atoms with Crippen LogP contribution in [0.1, 0.15) is 19.8 Å². The van der Waals surface area contributed by atoms with Crippen LogP contribution in [0.3, 0.4) is 0 Å². The summed E-state index contributed by atoms with van der Waals surface area (Å²) < 4.78 is 0. The van der Waals surface area contributed by atoms with Crippen LogP contribution in [0.4, 0.5) is 0 Å². The second-order valence-corrected chi connectivity index (χ2v) is 3.05. The van der Waals surface area contributed by atoms with Crippen molar-refractivity contribution in [3.05, 3.63) is 0 Å². The molecule has 1 N–H and O–H groups in total. The molecule has 0 radical (unpaired) electrons. The summed E-state index contributed by atoms with van der Waals surface area (Å²) in [5, 5.41) is 3.32. The van der Waals surface area contributed by atoms with Crippen LogP contribution in [0.2, 0.25) is 0 Å². The molecule has 1 aliphatic heterocycles. The number of hydrogen-bond donors (Lipinski definition) is 1. The highest BCUT2D eigenvalue weighted by Gasteiger charge is 2.31. The van der Waals surface area contributed by atoms with Crippen molar-refractivity contribution in [2.45, 2.75) is 25.4 Å². The summed E-state index contributed by atoms with van der Waals surface area (Å²) in [6.07, 6.45) is 2.60. The van der Waals surface area contributed by atoms with Gasteiger partial charge in [0.2, 0.25) is 0 Å². The number of hydrogen-bond acceptors (Lipinski definition) is 2. The zero-order valence-corrected chi connectivity index (χ0v) is 9.02. The Morgan fingerprint density at radius 2 is 1.91 bits per heavy atom. The molecule has 0 aromatic rings. The van der Waals surface area contributed by atoms with Gasteiger partial charge in [0.05, 0.1) is 5.66 Å². The van der Waals surface area contributed by atoms with Crippen LogP contribution < -0.4 is 5.32 Å². The van der Waals surface area contributed by atoms with Crippen molar-refractivity contribution in [1.29, 1.82) is 0 Å². The third-order valence-corrected chi connectivity index (χ3v) is 2.54. The molecule has 1 atom stereocenters. The lowest BCUT2D eigenvalue weighted by atomic mass is 10.1. The largest absolute Gasteiger partial charge is 0.302 e. The van der Waals surface area contributed by atoms with Crippen LogP contribution in [-0.2, 0) is 0 Å². The Labute approximate surface area is 81.5 Å². The van der Waals surface area contributed by atoms with Crippen molar-refractivity contribution in [1.82, 2.24) is 10.2 Å². The molecule has 1 aliphatic rings. The normalized spacial score (nSPS) is 30.8. The summed E-state index contributed by atoms with van der Waals surface area (Å²) in [5.74, 6) is 0. The number of nitrogens with zero attached hydrogens (tertiary/aromatic N) is 1. The van der Waals surface area contributed by atoms with Crippen molar-refractivity contribution in [3.8, 4) is 0 Å². The Kier molecular flexibility index (Phi) is 6.64. The van der Waals surface area contributed by atoms with Crippen molar-refractivity contribution >= 4 is 24.8 Å². The summed E-state index contributed by atoms with van der Waals surface area (Å²) >= 11 is 0. The van der Waals surface area contributed by atoms with Gasteiger partial charge in [0.25, 0.3) is 0 Å². The minimum Gasteiger partial charge on any atom is -0.302 e. The van der Waals surface area contributed by atoms with Gasteiger partial charge in [-0.05, 0) is 40.4 Å². The Morgan fingerprint density at radius 3 is 2.09 bits per heavy atom. The van der Waals surface area contributed by atoms with Crippen molar-refractivity contribution in [3.63, 3.8) is 0 Å². The van der Waals surface area contributed by atoms with Gasteiger partial charge in [-0.15, -0.1) is 24.8 Å². The first kappa shape index (κ1) is 14.0. The standard InChI is InChI=1S/C7H16N2.2ClH/c1-7(8-2)5-4-6-9(7)3;;/h8H,4-6H2,1-3H3;2*1H. The van der Waals surface area contributed by atoms with E-state index < -0.39 is 0 Å². The van der Waals surface area contributed by atoms with Crippen LogP contribution in [0.15, 0.2) is 0 Å². The smallest absolute Gasteiger partial charge is 0.0678 e. The second kappa shape index (κ2) is 5.20. The van der Waals surface area contributed by atoms with Crippen LogP contribution in [-0.4, -0.2) is 31.2 Å². The Morgan fingerprint density at radius 1 is 1.36 bits per heavy atom. The van der Waals surface area contributed by atoms with Gasteiger partial charge in [-0.2, -0.15) is 0 Å². The molecule has 1 unspecified atom stereocenters. The van der Waals surface area contributed by atoms with Gasteiger partial charge < -0.3 is 5.32 Å². The molecule has 0 aromatic carbocycles. The maximum atomic E-state index is 3.32. The molecule has 70 valence electrons. The van der Waals surface area contributed by atoms with Crippen LogP contribution in [0, 0.1) is 0 Å². The molecular formula is C7H18Cl2N2. The van der Waals surface area contributed by atoms with Gasteiger partial charge in [-0.25, -0.2) is 0 Å². The van der Waals surface area contributed by atoms with Gasteiger partial charge in [0.1, 0.15) is 0 Å². The van der Waals surface area contributed by atoms with Crippen LogP contribution >= 0.6 is 24.8 Å². The molecule has 0 aliphatic carbocycles. The zero-order valence-electron chi connectivity index (χ0n) is 7.39. The highest BCUT2D eigenvalue weighted by atomic mass is 35.5. The second-order valence-electron chi connectivity index (χ2n) is 3.05. The molecule has 0 amide bonds. The lowest BCUT2D eigenvalue weighted by molar-refractivity contribution is 0.162. The van der Waals surface area contributed by atoms with Gasteiger partial charge in [-0.1, -0.05) is 0 Å². The van der Waals surface area contributed by atoms with E-state index in [-0.39, 0.29) is 30.5 Å². The average molecular weight is 201 g/mol. The molecule has 0 bridgehead atoms. The van der Waals surface area contributed by atoms with E-state index in [2.05, 4.69) is 24.2 Å². The van der Waals surface area contributed by atoms with Gasteiger partial charge in [0.15, 0.2) is 0 Å². The fourth-order valence-corrected chi connectivity index (χ4v) is 1.41. The molecule has 0 aromatic heterocycles. The first-order valence-electron chi connectivity index (χ1n) is 3.59. The number of nitrogens with one attached hydrogen (secondary N) is 1. The average Bonchev–Trinajstić information content (AvgIpc) is 2.15. The molecule has 1 heterocycles. The van der Waals surface area contributed by atoms with Gasteiger partial charge in [-0.3, -0.25) is 4.90 Å². The highest BCUT2D eigenvalue weighted by molar-refractivity contribution is 5.85. The Hall–Kier alpha value is 0.500. The fraction of sp³-hybridized carbons (Fsp3) is 1.00. The monoisotopic (exact) mass is 200 g/mol. The SMILES string of the molecule is CNC1(C)CCCN1C.Cl.Cl. The summed E-state index contributed by atoms with van der Waals surface area (Å²) in [6.45, 7) is 3.48. The van der Waals surface area contributed by atoms with E-state index in [1.54, 1.807) is 0 Å². The molecule has 4 heteroatoms. The summed E-state index contributed by atoms with van der Waals surface area (Å²) in [7, 11) is 4.20. The van der Waals surface area contributed by atoms with Crippen molar-refractivity contribution in [2.24, 2.45) is 0 Å². The lowest BCUT2D eigenvalue weighted by Gasteiger charge is -2.31. The maximum absolute atomic E-state index is 3.32. The minimum atomic E-state index is 0. The van der Waals surface area contributed by atoms with E-state index in [9.17, 15) is 0 Å². The maximum Gasteiger partial charge on any atom is 0.0678 e. The minimum absolute atomic E-state index is 0. The fourth-order valence-electron chi connectivity index (χ4n) is 1.41.